The number of benzene rings is 1. The molecule has 0 bridgehead atoms. The zero-order chi connectivity index (χ0) is 26.2. The minimum atomic E-state index is -3.46. The van der Waals surface area contributed by atoms with Gasteiger partial charge in [-0.2, -0.15) is 0 Å². The Morgan fingerprint density at radius 3 is 2.58 bits per heavy atom. The first-order valence-corrected chi connectivity index (χ1v) is 15.6. The average molecular weight is 591 g/mol. The Morgan fingerprint density at radius 1 is 1.31 bits per heavy atom. The van der Waals surface area contributed by atoms with Crippen molar-refractivity contribution in [2.24, 2.45) is 5.92 Å². The molecule has 12 nitrogen and oxygen atoms in total. The number of amides is 1. The number of nitro benzene ring substituents is 1. The van der Waals surface area contributed by atoms with Crippen molar-refractivity contribution in [3.05, 3.63) is 49.9 Å². The standard InChI is InChI=1S/C19H18N4O8S5/c1-9(24)12-14(25)22-13(16(26)31-7-10-3-5-11(6-4-10)23(27)28)17(34-15(12)22)32-8-33-18-20-21-19(35-18)36(2,29)30/h3-6,9,12,15,24H,7-8H2,1-2H3/t9-,12+,15-/m1/s1. The Kier molecular flexibility index (Phi) is 7.96. The van der Waals surface area contributed by atoms with Gasteiger partial charge in [-0.1, -0.05) is 34.9 Å². The number of ether oxygens (including phenoxy) is 1. The summed E-state index contributed by atoms with van der Waals surface area (Å²) < 4.78 is 29.5. The molecular formula is C19H18N4O8S5. The Hall–Kier alpha value is -2.18. The van der Waals surface area contributed by atoms with Crippen LogP contribution in [-0.2, 0) is 30.8 Å². The summed E-state index contributed by atoms with van der Waals surface area (Å²) in [4.78, 5) is 37.3. The molecule has 0 aliphatic carbocycles. The van der Waals surface area contributed by atoms with Gasteiger partial charge in [0.15, 0.2) is 10.0 Å². The molecule has 2 aliphatic heterocycles. The van der Waals surface area contributed by atoms with Crippen LogP contribution in [0.15, 0.2) is 42.9 Å². The van der Waals surface area contributed by atoms with Gasteiger partial charge < -0.3 is 9.84 Å². The summed E-state index contributed by atoms with van der Waals surface area (Å²) in [7, 11) is -3.46. The number of carbonyl (C=O) groups excluding carboxylic acids is 2. The van der Waals surface area contributed by atoms with Crippen LogP contribution in [0.3, 0.4) is 0 Å². The molecule has 1 aromatic carbocycles. The third-order valence-electron chi connectivity index (χ3n) is 5.05. The van der Waals surface area contributed by atoms with E-state index >= 15 is 0 Å². The van der Waals surface area contributed by atoms with Gasteiger partial charge in [-0.05, 0) is 24.6 Å². The van der Waals surface area contributed by atoms with Crippen LogP contribution >= 0.6 is 46.6 Å². The normalized spacial score (nSPS) is 20.2. The highest BCUT2D eigenvalue weighted by Crippen LogP contribution is 2.54. The number of hydrogen-bond acceptors (Lipinski definition) is 14. The van der Waals surface area contributed by atoms with Crippen LogP contribution in [0.2, 0.25) is 0 Å². The van der Waals surface area contributed by atoms with Gasteiger partial charge >= 0.3 is 5.97 Å². The average Bonchev–Trinajstić information content (AvgIpc) is 3.41. The van der Waals surface area contributed by atoms with Crippen LogP contribution in [0.1, 0.15) is 12.5 Å². The number of fused-ring (bicyclic) bond motifs is 1. The van der Waals surface area contributed by atoms with E-state index in [2.05, 4.69) is 10.2 Å². The molecule has 0 radical (unpaired) electrons. The zero-order valence-corrected chi connectivity index (χ0v) is 22.7. The van der Waals surface area contributed by atoms with Crippen LogP contribution in [0.4, 0.5) is 5.69 Å². The maximum absolute atomic E-state index is 13.0. The highest BCUT2D eigenvalue weighted by Gasteiger charge is 2.58. The van der Waals surface area contributed by atoms with Crippen LogP contribution in [0.25, 0.3) is 0 Å². The lowest BCUT2D eigenvalue weighted by atomic mass is 9.92. The molecule has 2 aromatic rings. The summed E-state index contributed by atoms with van der Waals surface area (Å²) in [6.07, 6.45) is 0.156. The SMILES string of the molecule is C[C@@H](O)[C@H]1C(=O)N2C(C(=O)OCc3ccc([N+](=O)[O-])cc3)=C(SCSc3nnc(S(C)(=O)=O)s3)S[C@H]12. The topological polar surface area (TPSA) is 170 Å². The maximum Gasteiger partial charge on any atom is 0.357 e. The van der Waals surface area contributed by atoms with E-state index in [1.54, 1.807) is 0 Å². The highest BCUT2D eigenvalue weighted by molar-refractivity contribution is 8.28. The molecule has 0 unspecified atom stereocenters. The number of rotatable bonds is 10. The summed E-state index contributed by atoms with van der Waals surface area (Å²) in [5, 5.41) is 28.2. The second-order valence-corrected chi connectivity index (χ2v) is 14.8. The van der Waals surface area contributed by atoms with Gasteiger partial charge in [0.05, 0.1) is 26.3 Å². The molecule has 192 valence electrons. The van der Waals surface area contributed by atoms with Crippen LogP contribution < -0.4 is 0 Å². The third-order valence-corrected chi connectivity index (χ3v) is 11.6. The summed E-state index contributed by atoms with van der Waals surface area (Å²) in [6.45, 7) is 1.37. The third kappa shape index (κ3) is 5.55. The van der Waals surface area contributed by atoms with Crippen molar-refractivity contribution in [1.29, 1.82) is 0 Å². The van der Waals surface area contributed by atoms with E-state index in [0.29, 0.717) is 19.2 Å². The second kappa shape index (κ2) is 10.7. The van der Waals surface area contributed by atoms with Crippen molar-refractivity contribution in [1.82, 2.24) is 15.1 Å². The van der Waals surface area contributed by atoms with E-state index in [9.17, 15) is 33.2 Å². The number of nitrogens with zero attached hydrogens (tertiary/aromatic N) is 4. The molecule has 0 spiro atoms. The number of sulfone groups is 1. The van der Waals surface area contributed by atoms with Gasteiger partial charge in [0.2, 0.25) is 20.1 Å². The van der Waals surface area contributed by atoms with Gasteiger partial charge in [0.1, 0.15) is 12.0 Å². The monoisotopic (exact) mass is 590 g/mol. The van der Waals surface area contributed by atoms with Crippen molar-refractivity contribution < 1.29 is 32.8 Å². The molecule has 1 aromatic heterocycles. The molecule has 3 atom stereocenters. The molecule has 3 heterocycles. The first-order chi connectivity index (χ1) is 17.0. The Balaban J connectivity index is 1.46. The van der Waals surface area contributed by atoms with E-state index in [1.165, 1.54) is 71.4 Å². The van der Waals surface area contributed by atoms with Crippen molar-refractivity contribution in [2.45, 2.75) is 33.7 Å². The van der Waals surface area contributed by atoms with Gasteiger partial charge in [0.25, 0.3) is 5.69 Å². The van der Waals surface area contributed by atoms with Gasteiger partial charge in [-0.15, -0.1) is 22.0 Å². The maximum atomic E-state index is 13.0. The fraction of sp³-hybridized carbons (Fsp3) is 0.368. The first kappa shape index (κ1) is 26.9. The Morgan fingerprint density at radius 2 is 2.00 bits per heavy atom. The van der Waals surface area contributed by atoms with E-state index < -0.39 is 38.1 Å². The molecule has 1 saturated heterocycles. The van der Waals surface area contributed by atoms with E-state index in [1.807, 2.05) is 0 Å². The lowest BCUT2D eigenvalue weighted by Crippen LogP contribution is -2.60. The number of non-ortho nitro benzene ring substituents is 1. The van der Waals surface area contributed by atoms with Crippen LogP contribution in [-0.4, -0.2) is 68.2 Å². The number of hydrogen-bond donors (Lipinski definition) is 1. The molecule has 0 saturated carbocycles. The Labute approximate surface area is 221 Å². The second-order valence-electron chi connectivity index (χ2n) is 7.63. The summed E-state index contributed by atoms with van der Waals surface area (Å²) in [6, 6.07) is 5.56. The predicted molar refractivity (Wildman–Crippen MR) is 135 cm³/mol. The number of aliphatic hydroxyl groups is 1. The van der Waals surface area contributed by atoms with Crippen LogP contribution in [0, 0.1) is 16.0 Å². The molecule has 1 fully saturated rings. The van der Waals surface area contributed by atoms with Gasteiger partial charge in [0, 0.05) is 18.4 Å². The van der Waals surface area contributed by atoms with E-state index in [-0.39, 0.29) is 28.2 Å². The van der Waals surface area contributed by atoms with Crippen LogP contribution in [0.5, 0.6) is 0 Å². The van der Waals surface area contributed by atoms with Crippen molar-refractivity contribution in [2.75, 3.05) is 11.3 Å². The largest absolute Gasteiger partial charge is 0.456 e. The number of β-lactam (4-membered cyclic amide) rings is 1. The fourth-order valence-corrected chi connectivity index (χ4v) is 9.52. The summed E-state index contributed by atoms with van der Waals surface area (Å²) in [5.41, 5.74) is 0.526. The van der Waals surface area contributed by atoms with E-state index in [4.69, 9.17) is 4.74 Å². The lowest BCUT2D eigenvalue weighted by molar-refractivity contribution is -0.384. The van der Waals surface area contributed by atoms with E-state index in [0.717, 1.165) is 17.6 Å². The minimum Gasteiger partial charge on any atom is -0.456 e. The van der Waals surface area contributed by atoms with Gasteiger partial charge in [-0.25, -0.2) is 13.2 Å². The van der Waals surface area contributed by atoms with Gasteiger partial charge in [-0.3, -0.25) is 19.8 Å². The molecule has 2 aliphatic rings. The zero-order valence-electron chi connectivity index (χ0n) is 18.6. The smallest absolute Gasteiger partial charge is 0.357 e. The van der Waals surface area contributed by atoms with Crippen molar-refractivity contribution in [3.63, 3.8) is 0 Å². The number of thioether (sulfide) groups is 3. The highest BCUT2D eigenvalue weighted by atomic mass is 32.3. The Bertz CT molecular complexity index is 1340. The summed E-state index contributed by atoms with van der Waals surface area (Å²) >= 11 is 4.72. The quantitative estimate of drug-likeness (QED) is 0.107. The molecular weight excluding hydrogens is 573 g/mol. The number of esters is 1. The molecule has 4 rings (SSSR count). The van der Waals surface area contributed by atoms with Crippen molar-refractivity contribution in [3.8, 4) is 0 Å². The van der Waals surface area contributed by atoms with Crippen molar-refractivity contribution >= 4 is 74.0 Å². The lowest BCUT2D eigenvalue weighted by Gasteiger charge is -2.43. The molecule has 36 heavy (non-hydrogen) atoms. The molecule has 1 amide bonds. The number of aromatic nitrogens is 2. The number of carbonyl (C=O) groups is 2. The number of nitro groups is 1. The predicted octanol–water partition coefficient (Wildman–Crippen LogP) is 2.46. The molecule has 17 heteroatoms. The fourth-order valence-electron chi connectivity index (χ4n) is 3.31. The summed E-state index contributed by atoms with van der Waals surface area (Å²) in [5.74, 6) is -1.77. The number of aliphatic hydroxyl groups excluding tert-OH is 1. The minimum absolute atomic E-state index is 0.0773. The molecule has 1 N–H and O–H groups in total. The first-order valence-electron chi connectivity index (χ1n) is 10.1.